The van der Waals surface area contributed by atoms with E-state index in [9.17, 15) is 0 Å². The van der Waals surface area contributed by atoms with Crippen molar-refractivity contribution in [2.24, 2.45) is 0 Å². The minimum absolute atomic E-state index is 0.135. The second-order valence-corrected chi connectivity index (χ2v) is 3.29. The zero-order chi connectivity index (χ0) is 8.55. The van der Waals surface area contributed by atoms with Crippen LogP contribution in [0.25, 0.3) is 0 Å². The lowest BCUT2D eigenvalue weighted by molar-refractivity contribution is 0.294. The lowest BCUT2D eigenvalue weighted by atomic mass is 10.1. The molecule has 12 heavy (non-hydrogen) atoms. The second kappa shape index (κ2) is 2.79. The summed E-state index contributed by atoms with van der Waals surface area (Å²) in [6.45, 7) is 3.19. The van der Waals surface area contributed by atoms with Crippen LogP contribution < -0.4 is 4.90 Å². The molecule has 1 N–H and O–H groups in total. The van der Waals surface area contributed by atoms with Crippen molar-refractivity contribution in [2.75, 3.05) is 18.2 Å². The Morgan fingerprint density at radius 2 is 2.33 bits per heavy atom. The van der Waals surface area contributed by atoms with E-state index in [0.29, 0.717) is 0 Å². The van der Waals surface area contributed by atoms with Crippen LogP contribution in [0.15, 0.2) is 18.2 Å². The molecule has 0 saturated carbocycles. The van der Waals surface area contributed by atoms with Gasteiger partial charge in [0.1, 0.15) is 6.73 Å². The number of rotatable bonds is 1. The summed E-state index contributed by atoms with van der Waals surface area (Å²) >= 11 is 0. The highest BCUT2D eigenvalue weighted by Crippen LogP contribution is 2.27. The largest absolute Gasteiger partial charge is 0.376 e. The maximum atomic E-state index is 9.01. The van der Waals surface area contributed by atoms with E-state index in [1.807, 2.05) is 4.90 Å². The molecular weight excluding hydrogens is 150 g/mol. The molecule has 0 radical (unpaired) electrons. The smallest absolute Gasteiger partial charge is 0.115 e. The molecule has 0 bridgehead atoms. The van der Waals surface area contributed by atoms with Crippen molar-refractivity contribution in [1.82, 2.24) is 0 Å². The lowest BCUT2D eigenvalue weighted by Crippen LogP contribution is -2.20. The highest BCUT2D eigenvalue weighted by Gasteiger charge is 2.17. The van der Waals surface area contributed by atoms with Crippen molar-refractivity contribution in [3.05, 3.63) is 29.3 Å². The first-order chi connectivity index (χ1) is 5.81. The minimum Gasteiger partial charge on any atom is -0.376 e. The highest BCUT2D eigenvalue weighted by molar-refractivity contribution is 5.58. The predicted molar refractivity (Wildman–Crippen MR) is 49.3 cm³/mol. The molecule has 0 saturated heterocycles. The van der Waals surface area contributed by atoms with Gasteiger partial charge in [-0.15, -0.1) is 0 Å². The van der Waals surface area contributed by atoms with Gasteiger partial charge in [0.15, 0.2) is 0 Å². The van der Waals surface area contributed by atoms with Crippen LogP contribution >= 0.6 is 0 Å². The Morgan fingerprint density at radius 3 is 3.08 bits per heavy atom. The monoisotopic (exact) mass is 163 g/mol. The molecule has 0 fully saturated rings. The van der Waals surface area contributed by atoms with Crippen LogP contribution in [0.1, 0.15) is 11.1 Å². The van der Waals surface area contributed by atoms with Crippen LogP contribution in [0.5, 0.6) is 0 Å². The fourth-order valence-corrected chi connectivity index (χ4v) is 1.75. The molecule has 0 spiro atoms. The van der Waals surface area contributed by atoms with Gasteiger partial charge in [0, 0.05) is 12.2 Å². The molecule has 0 aliphatic carbocycles. The fraction of sp³-hybridized carbons (Fsp3) is 0.400. The summed E-state index contributed by atoms with van der Waals surface area (Å²) in [5.41, 5.74) is 3.86. The number of hydrogen-bond acceptors (Lipinski definition) is 2. The van der Waals surface area contributed by atoms with Crippen LogP contribution in [0.3, 0.4) is 0 Å². The molecule has 1 heterocycles. The van der Waals surface area contributed by atoms with E-state index in [2.05, 4.69) is 25.1 Å². The maximum Gasteiger partial charge on any atom is 0.115 e. The van der Waals surface area contributed by atoms with Crippen molar-refractivity contribution < 1.29 is 5.11 Å². The second-order valence-electron chi connectivity index (χ2n) is 3.29. The van der Waals surface area contributed by atoms with Crippen LogP contribution in [0, 0.1) is 6.92 Å². The standard InChI is InChI=1S/C10H13NO/c1-8-2-3-10-9(6-8)4-5-11(10)7-12/h2-3,6,12H,4-5,7H2,1H3. The van der Waals surface area contributed by atoms with Crippen LogP contribution in [-0.2, 0) is 6.42 Å². The van der Waals surface area contributed by atoms with Gasteiger partial charge < -0.3 is 10.0 Å². The van der Waals surface area contributed by atoms with Gasteiger partial charge in [-0.1, -0.05) is 17.7 Å². The van der Waals surface area contributed by atoms with E-state index in [1.165, 1.54) is 16.8 Å². The Kier molecular flexibility index (Phi) is 1.77. The zero-order valence-electron chi connectivity index (χ0n) is 7.25. The third-order valence-electron chi connectivity index (χ3n) is 2.40. The third kappa shape index (κ3) is 1.08. The molecule has 0 aromatic heterocycles. The molecule has 0 atom stereocenters. The van der Waals surface area contributed by atoms with Gasteiger partial charge in [-0.25, -0.2) is 0 Å². The van der Waals surface area contributed by atoms with E-state index in [1.54, 1.807) is 0 Å². The first-order valence-corrected chi connectivity index (χ1v) is 4.26. The summed E-state index contributed by atoms with van der Waals surface area (Å²) in [7, 11) is 0. The number of fused-ring (bicyclic) bond motifs is 1. The first-order valence-electron chi connectivity index (χ1n) is 4.26. The van der Waals surface area contributed by atoms with Crippen molar-refractivity contribution in [3.8, 4) is 0 Å². The Bertz CT molecular complexity index is 296. The number of benzene rings is 1. The molecule has 2 nitrogen and oxygen atoms in total. The lowest BCUT2D eigenvalue weighted by Gasteiger charge is -2.15. The maximum absolute atomic E-state index is 9.01. The van der Waals surface area contributed by atoms with E-state index >= 15 is 0 Å². The number of hydrogen-bond donors (Lipinski definition) is 1. The topological polar surface area (TPSA) is 23.5 Å². The van der Waals surface area contributed by atoms with Gasteiger partial charge in [-0.2, -0.15) is 0 Å². The molecule has 2 rings (SSSR count). The summed E-state index contributed by atoms with van der Waals surface area (Å²) in [6, 6.07) is 6.38. The van der Waals surface area contributed by atoms with Gasteiger partial charge in [0.05, 0.1) is 0 Å². The normalized spacial score (nSPS) is 15.0. The molecule has 0 amide bonds. The molecule has 2 heteroatoms. The van der Waals surface area contributed by atoms with E-state index < -0.39 is 0 Å². The average Bonchev–Trinajstić information content (AvgIpc) is 2.46. The number of nitrogens with zero attached hydrogens (tertiary/aromatic N) is 1. The summed E-state index contributed by atoms with van der Waals surface area (Å²) in [6.07, 6.45) is 1.07. The summed E-state index contributed by atoms with van der Waals surface area (Å²) in [4.78, 5) is 1.99. The molecule has 64 valence electrons. The van der Waals surface area contributed by atoms with Crippen molar-refractivity contribution in [2.45, 2.75) is 13.3 Å². The van der Waals surface area contributed by atoms with Gasteiger partial charge in [-0.3, -0.25) is 0 Å². The molecule has 0 unspecified atom stereocenters. The predicted octanol–water partition coefficient (Wildman–Crippen LogP) is 1.31. The van der Waals surface area contributed by atoms with Gasteiger partial charge in [-0.05, 0) is 25.0 Å². The molecule has 1 aliphatic heterocycles. The number of aryl methyl sites for hydroxylation is 1. The van der Waals surface area contributed by atoms with Crippen molar-refractivity contribution >= 4 is 5.69 Å². The summed E-state index contributed by atoms with van der Waals surface area (Å²) in [5.74, 6) is 0. The van der Waals surface area contributed by atoms with E-state index in [0.717, 1.165) is 13.0 Å². The molecule has 1 aliphatic rings. The number of anilines is 1. The van der Waals surface area contributed by atoms with Crippen LogP contribution in [0.4, 0.5) is 5.69 Å². The zero-order valence-corrected chi connectivity index (χ0v) is 7.25. The van der Waals surface area contributed by atoms with Gasteiger partial charge in [0.25, 0.3) is 0 Å². The number of aliphatic hydroxyl groups excluding tert-OH is 1. The summed E-state index contributed by atoms with van der Waals surface area (Å²) in [5, 5.41) is 9.01. The van der Waals surface area contributed by atoms with Crippen molar-refractivity contribution in [3.63, 3.8) is 0 Å². The van der Waals surface area contributed by atoms with Crippen LogP contribution in [0.2, 0.25) is 0 Å². The molecular formula is C10H13NO. The minimum atomic E-state index is 0.135. The highest BCUT2D eigenvalue weighted by atomic mass is 16.3. The molecule has 1 aromatic rings. The quantitative estimate of drug-likeness (QED) is 0.674. The van der Waals surface area contributed by atoms with Crippen molar-refractivity contribution in [1.29, 1.82) is 0 Å². The average molecular weight is 163 g/mol. The SMILES string of the molecule is Cc1ccc2c(c1)CCN2CO. The van der Waals surface area contributed by atoms with E-state index in [-0.39, 0.29) is 6.73 Å². The van der Waals surface area contributed by atoms with Gasteiger partial charge >= 0.3 is 0 Å². The summed E-state index contributed by atoms with van der Waals surface area (Å²) < 4.78 is 0. The first kappa shape index (κ1) is 7.62. The Morgan fingerprint density at radius 1 is 1.50 bits per heavy atom. The number of aliphatic hydroxyl groups is 1. The Labute approximate surface area is 72.4 Å². The van der Waals surface area contributed by atoms with Gasteiger partial charge in [0.2, 0.25) is 0 Å². The Balaban J connectivity index is 2.40. The van der Waals surface area contributed by atoms with E-state index in [4.69, 9.17) is 5.11 Å². The molecule has 1 aromatic carbocycles. The third-order valence-corrected chi connectivity index (χ3v) is 2.40. The fourth-order valence-electron chi connectivity index (χ4n) is 1.75. The Hall–Kier alpha value is -1.02. The van der Waals surface area contributed by atoms with Crippen LogP contribution in [-0.4, -0.2) is 18.4 Å².